The molecule has 90 valence electrons. The Morgan fingerprint density at radius 2 is 2.17 bits per heavy atom. The molecule has 0 aliphatic carbocycles. The summed E-state index contributed by atoms with van der Waals surface area (Å²) >= 11 is 4.79. The van der Waals surface area contributed by atoms with Crippen molar-refractivity contribution in [1.29, 1.82) is 5.26 Å². The maximum absolute atomic E-state index is 8.87. The average Bonchev–Trinajstić information content (AvgIpc) is 2.90. The highest BCUT2D eigenvalue weighted by atomic mass is 32.1. The Balaban J connectivity index is 2.20. The topological polar surface area (TPSA) is 65.1 Å². The molecule has 0 bridgehead atoms. The van der Waals surface area contributed by atoms with Crippen LogP contribution in [0.25, 0.3) is 6.08 Å². The summed E-state index contributed by atoms with van der Waals surface area (Å²) in [5.41, 5.74) is 10.9. The van der Waals surface area contributed by atoms with E-state index in [9.17, 15) is 0 Å². The number of hydrogen-bond donors (Lipinski definition) is 2. The Kier molecular flexibility index (Phi) is 3.72. The van der Waals surface area contributed by atoms with Crippen LogP contribution in [0.3, 0.4) is 0 Å². The molecular weight excluding hydrogens is 244 g/mol. The largest absolute Gasteiger partial charge is 0.389 e. The number of thiocarbonyl (C=S) groups is 1. The molecule has 4 nitrogen and oxygen atoms in total. The Morgan fingerprint density at radius 1 is 1.44 bits per heavy atom. The number of nitrogens with zero attached hydrogens (tertiary/aromatic N) is 2. The summed E-state index contributed by atoms with van der Waals surface area (Å²) in [6, 6.07) is 9.73. The van der Waals surface area contributed by atoms with Gasteiger partial charge in [0, 0.05) is 12.7 Å². The van der Waals surface area contributed by atoms with Crippen LogP contribution in [0.15, 0.2) is 42.1 Å². The van der Waals surface area contributed by atoms with Gasteiger partial charge in [0.25, 0.3) is 0 Å². The number of anilines is 1. The standard InChI is InChI=1S/C13H12N4S/c14-9-11(13(15)18)8-10-2-4-12(5-3-10)17-7-1-6-16-17/h1-5,7-8,16H,6H2,(H2,15,18)/b11-8+. The van der Waals surface area contributed by atoms with Gasteiger partial charge in [0.05, 0.1) is 11.3 Å². The molecule has 1 aliphatic rings. The summed E-state index contributed by atoms with van der Waals surface area (Å²) in [4.78, 5) is 0.116. The van der Waals surface area contributed by atoms with Crippen molar-refractivity contribution in [2.24, 2.45) is 5.73 Å². The van der Waals surface area contributed by atoms with Crippen LogP contribution >= 0.6 is 12.2 Å². The minimum absolute atomic E-state index is 0.116. The highest BCUT2D eigenvalue weighted by Gasteiger charge is 2.05. The molecule has 0 unspecified atom stereocenters. The van der Waals surface area contributed by atoms with Crippen LogP contribution in [0.1, 0.15) is 5.56 Å². The molecule has 0 amide bonds. The van der Waals surface area contributed by atoms with Gasteiger partial charge in [0.1, 0.15) is 11.1 Å². The first kappa shape index (κ1) is 12.3. The van der Waals surface area contributed by atoms with E-state index in [1.54, 1.807) is 6.08 Å². The maximum atomic E-state index is 8.87. The minimum atomic E-state index is 0.116. The van der Waals surface area contributed by atoms with Crippen molar-refractivity contribution in [2.45, 2.75) is 0 Å². The Bertz CT molecular complexity index is 551. The number of hydrazine groups is 1. The summed E-state index contributed by atoms with van der Waals surface area (Å²) in [7, 11) is 0. The summed E-state index contributed by atoms with van der Waals surface area (Å²) in [6.07, 6.45) is 5.69. The smallest absolute Gasteiger partial charge is 0.114 e. The molecule has 0 saturated heterocycles. The second-order valence-corrected chi connectivity index (χ2v) is 4.18. The van der Waals surface area contributed by atoms with Gasteiger partial charge < -0.3 is 5.73 Å². The van der Waals surface area contributed by atoms with E-state index >= 15 is 0 Å². The van der Waals surface area contributed by atoms with Crippen molar-refractivity contribution in [2.75, 3.05) is 11.6 Å². The van der Waals surface area contributed by atoms with Gasteiger partial charge in [-0.25, -0.2) is 5.43 Å². The predicted molar refractivity (Wildman–Crippen MR) is 76.4 cm³/mol. The van der Waals surface area contributed by atoms with Gasteiger partial charge in [-0.1, -0.05) is 30.4 Å². The lowest BCUT2D eigenvalue weighted by molar-refractivity contribution is 0.814. The molecule has 2 rings (SSSR count). The molecule has 1 aromatic carbocycles. The lowest BCUT2D eigenvalue weighted by Crippen LogP contribution is -2.27. The van der Waals surface area contributed by atoms with Crippen LogP contribution in [0.5, 0.6) is 0 Å². The fourth-order valence-corrected chi connectivity index (χ4v) is 1.70. The van der Waals surface area contributed by atoms with Gasteiger partial charge in [-0.15, -0.1) is 0 Å². The number of benzene rings is 1. The van der Waals surface area contributed by atoms with Crippen molar-refractivity contribution in [3.05, 3.63) is 47.7 Å². The van der Waals surface area contributed by atoms with Gasteiger partial charge >= 0.3 is 0 Å². The number of nitrogens with two attached hydrogens (primary N) is 1. The van der Waals surface area contributed by atoms with Crippen LogP contribution < -0.4 is 16.2 Å². The lowest BCUT2D eigenvalue weighted by Gasteiger charge is -2.15. The number of rotatable bonds is 3. The first-order valence-electron chi connectivity index (χ1n) is 5.42. The Labute approximate surface area is 111 Å². The summed E-state index contributed by atoms with van der Waals surface area (Å²) in [6.45, 7) is 0.835. The number of nitrogens with one attached hydrogen (secondary N) is 1. The fourth-order valence-electron chi connectivity index (χ4n) is 1.60. The van der Waals surface area contributed by atoms with Crippen LogP contribution in [0.2, 0.25) is 0 Å². The SMILES string of the molecule is N#C/C(=C\c1ccc(N2C=CCN2)cc1)C(N)=S. The van der Waals surface area contributed by atoms with E-state index in [-0.39, 0.29) is 4.99 Å². The number of nitriles is 1. The van der Waals surface area contributed by atoms with E-state index in [0.29, 0.717) is 5.57 Å². The van der Waals surface area contributed by atoms with Gasteiger partial charge in [0.2, 0.25) is 0 Å². The van der Waals surface area contributed by atoms with Gasteiger partial charge in [-0.2, -0.15) is 5.26 Å². The van der Waals surface area contributed by atoms with Crippen LogP contribution in [-0.2, 0) is 0 Å². The summed E-state index contributed by atoms with van der Waals surface area (Å²) in [5.74, 6) is 0. The average molecular weight is 256 g/mol. The third kappa shape index (κ3) is 2.74. The number of hydrogen-bond acceptors (Lipinski definition) is 4. The molecule has 1 aromatic rings. The van der Waals surface area contributed by atoms with E-state index in [1.165, 1.54) is 0 Å². The minimum Gasteiger partial charge on any atom is -0.389 e. The van der Waals surface area contributed by atoms with E-state index < -0.39 is 0 Å². The predicted octanol–water partition coefficient (Wildman–Crippen LogP) is 1.72. The van der Waals surface area contributed by atoms with E-state index in [4.69, 9.17) is 23.2 Å². The van der Waals surface area contributed by atoms with Crippen LogP contribution in [0, 0.1) is 11.3 Å². The first-order chi connectivity index (χ1) is 8.70. The van der Waals surface area contributed by atoms with Crippen molar-refractivity contribution in [3.63, 3.8) is 0 Å². The zero-order chi connectivity index (χ0) is 13.0. The zero-order valence-electron chi connectivity index (χ0n) is 9.63. The summed E-state index contributed by atoms with van der Waals surface area (Å²) < 4.78 is 0. The van der Waals surface area contributed by atoms with Gasteiger partial charge in [0.15, 0.2) is 0 Å². The molecule has 0 atom stereocenters. The molecule has 1 aliphatic heterocycles. The Hall–Kier alpha value is -2.16. The van der Waals surface area contributed by atoms with Crippen molar-refractivity contribution in [3.8, 4) is 6.07 Å². The molecule has 0 spiro atoms. The second-order valence-electron chi connectivity index (χ2n) is 3.74. The highest BCUT2D eigenvalue weighted by Crippen LogP contribution is 2.17. The summed E-state index contributed by atoms with van der Waals surface area (Å²) in [5, 5.41) is 10.8. The molecule has 3 N–H and O–H groups in total. The van der Waals surface area contributed by atoms with Crippen LogP contribution in [0.4, 0.5) is 5.69 Å². The monoisotopic (exact) mass is 256 g/mol. The maximum Gasteiger partial charge on any atom is 0.114 e. The van der Waals surface area contributed by atoms with Gasteiger partial charge in [-0.05, 0) is 23.8 Å². The normalized spacial score (nSPS) is 14.6. The molecule has 1 heterocycles. The Morgan fingerprint density at radius 3 is 2.67 bits per heavy atom. The molecule has 0 radical (unpaired) electrons. The lowest BCUT2D eigenvalue weighted by atomic mass is 10.1. The van der Waals surface area contributed by atoms with Crippen molar-refractivity contribution in [1.82, 2.24) is 5.43 Å². The fraction of sp³-hybridized carbons (Fsp3) is 0.0769. The first-order valence-corrected chi connectivity index (χ1v) is 5.82. The van der Waals surface area contributed by atoms with Gasteiger partial charge in [-0.3, -0.25) is 5.01 Å². The molecule has 0 aromatic heterocycles. The molecule has 0 fully saturated rings. The van der Waals surface area contributed by atoms with Crippen molar-refractivity contribution >= 4 is 29.0 Å². The van der Waals surface area contributed by atoms with E-state index in [0.717, 1.165) is 17.8 Å². The zero-order valence-corrected chi connectivity index (χ0v) is 10.4. The molecule has 5 heteroatoms. The third-order valence-corrected chi connectivity index (χ3v) is 2.72. The molecule has 0 saturated carbocycles. The second kappa shape index (κ2) is 5.45. The third-order valence-electron chi connectivity index (χ3n) is 2.50. The van der Waals surface area contributed by atoms with E-state index in [2.05, 4.69) is 5.43 Å². The molecule has 18 heavy (non-hydrogen) atoms. The van der Waals surface area contributed by atoms with Crippen LogP contribution in [-0.4, -0.2) is 11.5 Å². The highest BCUT2D eigenvalue weighted by molar-refractivity contribution is 7.80. The quantitative estimate of drug-likeness (QED) is 0.490. The molecular formula is C13H12N4S. The van der Waals surface area contributed by atoms with E-state index in [1.807, 2.05) is 47.6 Å². The van der Waals surface area contributed by atoms with Crippen molar-refractivity contribution < 1.29 is 0 Å².